The second-order valence-corrected chi connectivity index (χ2v) is 6.10. The van der Waals surface area contributed by atoms with Gasteiger partial charge in [0.15, 0.2) is 0 Å². The van der Waals surface area contributed by atoms with E-state index in [1.165, 1.54) is 16.3 Å². The van der Waals surface area contributed by atoms with Crippen molar-refractivity contribution in [3.8, 4) is 0 Å². The van der Waals surface area contributed by atoms with Crippen LogP contribution in [-0.4, -0.2) is 17.3 Å². The molecule has 2 N–H and O–H groups in total. The van der Waals surface area contributed by atoms with Gasteiger partial charge in [-0.3, -0.25) is 0 Å². The molecule has 0 amide bonds. The van der Waals surface area contributed by atoms with Gasteiger partial charge in [0.2, 0.25) is 0 Å². The van der Waals surface area contributed by atoms with Gasteiger partial charge >= 0.3 is 0 Å². The van der Waals surface area contributed by atoms with Crippen LogP contribution in [0.4, 0.5) is 0 Å². The molecule has 1 atom stereocenters. The first-order chi connectivity index (χ1) is 9.68. The van der Waals surface area contributed by atoms with Crippen LogP contribution in [0.5, 0.6) is 0 Å². The predicted octanol–water partition coefficient (Wildman–Crippen LogP) is 3.80. The van der Waals surface area contributed by atoms with Crippen LogP contribution in [0.3, 0.4) is 0 Å². The number of fused-ring (bicyclic) bond motifs is 1. The van der Waals surface area contributed by atoms with Crippen LogP contribution in [0.25, 0.3) is 10.8 Å². The minimum atomic E-state index is -0.487. The van der Waals surface area contributed by atoms with E-state index >= 15 is 0 Å². The third-order valence-electron chi connectivity index (χ3n) is 4.56. The molecule has 0 aliphatic heterocycles. The molecule has 1 saturated carbocycles. The van der Waals surface area contributed by atoms with E-state index in [0.717, 1.165) is 25.7 Å². The molecule has 1 aliphatic rings. The van der Waals surface area contributed by atoms with Crippen LogP contribution < -0.4 is 5.32 Å². The number of hydrogen-bond acceptors (Lipinski definition) is 2. The third-order valence-corrected chi connectivity index (χ3v) is 4.56. The molecule has 3 rings (SSSR count). The highest BCUT2D eigenvalue weighted by atomic mass is 16.3. The molecule has 2 nitrogen and oxygen atoms in total. The minimum Gasteiger partial charge on any atom is -0.389 e. The monoisotopic (exact) mass is 269 g/mol. The van der Waals surface area contributed by atoms with Gasteiger partial charge in [-0.15, -0.1) is 0 Å². The summed E-state index contributed by atoms with van der Waals surface area (Å²) >= 11 is 0. The smallest absolute Gasteiger partial charge is 0.0771 e. The summed E-state index contributed by atoms with van der Waals surface area (Å²) in [6.45, 7) is 2.87. The summed E-state index contributed by atoms with van der Waals surface area (Å²) < 4.78 is 0. The quantitative estimate of drug-likeness (QED) is 0.885. The summed E-state index contributed by atoms with van der Waals surface area (Å²) in [5, 5.41) is 16.5. The van der Waals surface area contributed by atoms with Crippen LogP contribution in [0.2, 0.25) is 0 Å². The maximum Gasteiger partial charge on any atom is 0.0771 e. The zero-order valence-corrected chi connectivity index (χ0v) is 12.1. The van der Waals surface area contributed by atoms with Crippen LogP contribution in [-0.2, 0) is 0 Å². The number of benzene rings is 2. The summed E-state index contributed by atoms with van der Waals surface area (Å²) in [6.07, 6.45) is 4.17. The van der Waals surface area contributed by atoms with Gasteiger partial charge in [0.25, 0.3) is 0 Å². The Kier molecular flexibility index (Phi) is 3.77. The normalized spacial score (nSPS) is 19.3. The van der Waals surface area contributed by atoms with E-state index in [0.29, 0.717) is 6.54 Å². The van der Waals surface area contributed by atoms with Crippen LogP contribution in [0, 0.1) is 0 Å². The average molecular weight is 269 g/mol. The third kappa shape index (κ3) is 2.72. The summed E-state index contributed by atoms with van der Waals surface area (Å²) in [6, 6.07) is 15.2. The van der Waals surface area contributed by atoms with Gasteiger partial charge in [0.05, 0.1) is 5.60 Å². The van der Waals surface area contributed by atoms with Crippen molar-refractivity contribution in [2.45, 2.75) is 44.2 Å². The van der Waals surface area contributed by atoms with Crippen molar-refractivity contribution in [3.05, 3.63) is 48.0 Å². The first kappa shape index (κ1) is 13.6. The molecule has 106 valence electrons. The molecule has 1 unspecified atom stereocenters. The molecule has 0 heterocycles. The lowest BCUT2D eigenvalue weighted by molar-refractivity contribution is 0.0454. The highest BCUT2D eigenvalue weighted by Crippen LogP contribution is 2.30. The Hall–Kier alpha value is -1.38. The maximum absolute atomic E-state index is 10.4. The second-order valence-electron chi connectivity index (χ2n) is 6.10. The van der Waals surface area contributed by atoms with E-state index in [1.807, 2.05) is 0 Å². The van der Waals surface area contributed by atoms with Gasteiger partial charge in [-0.05, 0) is 36.1 Å². The number of aliphatic hydroxyl groups is 1. The molecule has 2 heteroatoms. The van der Waals surface area contributed by atoms with E-state index in [4.69, 9.17) is 0 Å². The first-order valence-corrected chi connectivity index (χ1v) is 7.61. The molecule has 1 fully saturated rings. The summed E-state index contributed by atoms with van der Waals surface area (Å²) in [5.41, 5.74) is 0.823. The Morgan fingerprint density at radius 1 is 1.10 bits per heavy atom. The van der Waals surface area contributed by atoms with Crippen molar-refractivity contribution in [3.63, 3.8) is 0 Å². The van der Waals surface area contributed by atoms with Crippen LogP contribution in [0.1, 0.15) is 44.2 Å². The molecule has 1 aliphatic carbocycles. The average Bonchev–Trinajstić information content (AvgIpc) is 2.91. The second kappa shape index (κ2) is 5.55. The number of nitrogens with one attached hydrogen (secondary N) is 1. The van der Waals surface area contributed by atoms with Crippen LogP contribution in [0.15, 0.2) is 42.5 Å². The first-order valence-electron chi connectivity index (χ1n) is 7.61. The Balaban J connectivity index is 1.77. The lowest BCUT2D eigenvalue weighted by atomic mass is 9.98. The van der Waals surface area contributed by atoms with E-state index in [-0.39, 0.29) is 6.04 Å². The van der Waals surface area contributed by atoms with E-state index in [9.17, 15) is 5.11 Å². The zero-order chi connectivity index (χ0) is 14.0. The van der Waals surface area contributed by atoms with Crippen LogP contribution >= 0.6 is 0 Å². The van der Waals surface area contributed by atoms with Crippen molar-refractivity contribution >= 4 is 10.8 Å². The van der Waals surface area contributed by atoms with Gasteiger partial charge in [-0.1, -0.05) is 55.3 Å². The fourth-order valence-corrected chi connectivity index (χ4v) is 3.29. The summed E-state index contributed by atoms with van der Waals surface area (Å²) in [5.74, 6) is 0. The Labute approximate surface area is 120 Å². The van der Waals surface area contributed by atoms with E-state index in [1.54, 1.807) is 0 Å². The lowest BCUT2D eigenvalue weighted by Crippen LogP contribution is -2.39. The fraction of sp³-hybridized carbons (Fsp3) is 0.444. The Bertz CT molecular complexity index is 581. The maximum atomic E-state index is 10.4. The lowest BCUT2D eigenvalue weighted by Gasteiger charge is -2.26. The van der Waals surface area contributed by atoms with Gasteiger partial charge in [-0.2, -0.15) is 0 Å². The molecule has 0 aromatic heterocycles. The van der Waals surface area contributed by atoms with Gasteiger partial charge < -0.3 is 10.4 Å². The molecule has 0 radical (unpaired) electrons. The van der Waals surface area contributed by atoms with Gasteiger partial charge in [0.1, 0.15) is 0 Å². The zero-order valence-electron chi connectivity index (χ0n) is 12.1. The number of rotatable bonds is 4. The van der Waals surface area contributed by atoms with Crippen molar-refractivity contribution in [2.24, 2.45) is 0 Å². The standard InChI is InChI=1S/C18H23NO/c1-14(19-13-18(20)11-4-5-12-18)16-10-6-8-15-7-2-3-9-17(15)16/h2-3,6-10,14,19-20H,4-5,11-13H2,1H3. The highest BCUT2D eigenvalue weighted by Gasteiger charge is 2.31. The highest BCUT2D eigenvalue weighted by molar-refractivity contribution is 5.86. The fourth-order valence-electron chi connectivity index (χ4n) is 3.29. The molecule has 2 aromatic rings. The Morgan fingerprint density at radius 2 is 1.80 bits per heavy atom. The van der Waals surface area contributed by atoms with E-state index < -0.39 is 5.60 Å². The predicted molar refractivity (Wildman–Crippen MR) is 83.8 cm³/mol. The molecular formula is C18H23NO. The minimum absolute atomic E-state index is 0.255. The molecule has 20 heavy (non-hydrogen) atoms. The SMILES string of the molecule is CC(NCC1(O)CCCC1)c1cccc2ccccc12. The van der Waals surface area contributed by atoms with Crippen molar-refractivity contribution < 1.29 is 5.11 Å². The summed E-state index contributed by atoms with van der Waals surface area (Å²) in [4.78, 5) is 0. The topological polar surface area (TPSA) is 32.3 Å². The molecular weight excluding hydrogens is 246 g/mol. The molecule has 2 aromatic carbocycles. The van der Waals surface area contributed by atoms with Crippen molar-refractivity contribution in [2.75, 3.05) is 6.54 Å². The summed E-state index contributed by atoms with van der Waals surface area (Å²) in [7, 11) is 0. The molecule has 0 saturated heterocycles. The molecule has 0 spiro atoms. The van der Waals surface area contributed by atoms with Gasteiger partial charge in [-0.25, -0.2) is 0 Å². The Morgan fingerprint density at radius 3 is 2.60 bits per heavy atom. The van der Waals surface area contributed by atoms with Gasteiger partial charge in [0, 0.05) is 12.6 Å². The van der Waals surface area contributed by atoms with Crippen molar-refractivity contribution in [1.29, 1.82) is 0 Å². The van der Waals surface area contributed by atoms with Crippen molar-refractivity contribution in [1.82, 2.24) is 5.32 Å². The number of hydrogen-bond donors (Lipinski definition) is 2. The van der Waals surface area contributed by atoms with E-state index in [2.05, 4.69) is 54.7 Å². The largest absolute Gasteiger partial charge is 0.389 e. The molecule has 0 bridgehead atoms.